The van der Waals surface area contributed by atoms with Crippen LogP contribution in [0.5, 0.6) is 0 Å². The first kappa shape index (κ1) is 15.6. The molecule has 0 saturated carbocycles. The van der Waals surface area contributed by atoms with E-state index in [1.54, 1.807) is 0 Å². The zero-order valence-electron chi connectivity index (χ0n) is 14.8. The van der Waals surface area contributed by atoms with Crippen molar-refractivity contribution in [1.29, 1.82) is 0 Å². The Bertz CT molecular complexity index is 1330. The summed E-state index contributed by atoms with van der Waals surface area (Å²) in [5.41, 5.74) is 2.39. The number of nitrogens with one attached hydrogen (secondary N) is 1. The normalized spacial score (nSPS) is 11.3. The van der Waals surface area contributed by atoms with E-state index in [1.165, 1.54) is 0 Å². The number of carbonyl (C=O) groups is 1. The third-order valence-electron chi connectivity index (χ3n) is 5.07. The van der Waals surface area contributed by atoms with Crippen molar-refractivity contribution in [2.45, 2.75) is 6.92 Å². The van der Waals surface area contributed by atoms with Crippen molar-refractivity contribution in [3.8, 4) is 0 Å². The molecule has 1 heterocycles. The second-order valence-corrected chi connectivity index (χ2v) is 6.70. The van der Waals surface area contributed by atoms with E-state index in [0.717, 1.165) is 43.8 Å². The molecule has 0 saturated heterocycles. The maximum atomic E-state index is 13.0. The first-order valence-corrected chi connectivity index (χ1v) is 8.92. The maximum Gasteiger partial charge on any atom is 0.291 e. The Labute approximate surface area is 156 Å². The molecular weight excluding hydrogens is 334 g/mol. The summed E-state index contributed by atoms with van der Waals surface area (Å²) in [6.07, 6.45) is 0. The van der Waals surface area contributed by atoms with Gasteiger partial charge >= 0.3 is 0 Å². The minimum atomic E-state index is -0.232. The minimum absolute atomic E-state index is 0.232. The van der Waals surface area contributed by atoms with Crippen molar-refractivity contribution in [2.75, 3.05) is 5.32 Å². The number of anilines is 1. The van der Waals surface area contributed by atoms with Crippen LogP contribution in [0.1, 0.15) is 16.1 Å². The van der Waals surface area contributed by atoms with Gasteiger partial charge < -0.3 is 9.73 Å². The lowest BCUT2D eigenvalue weighted by Crippen LogP contribution is -2.12. The molecule has 1 N–H and O–H groups in total. The number of fused-ring (bicyclic) bond motifs is 4. The smallest absolute Gasteiger partial charge is 0.291 e. The summed E-state index contributed by atoms with van der Waals surface area (Å²) >= 11 is 0. The molecule has 5 rings (SSSR count). The third-order valence-corrected chi connectivity index (χ3v) is 5.07. The highest BCUT2D eigenvalue weighted by Crippen LogP contribution is 2.32. The van der Waals surface area contributed by atoms with Gasteiger partial charge in [-0.1, -0.05) is 72.8 Å². The van der Waals surface area contributed by atoms with Crippen molar-refractivity contribution in [2.24, 2.45) is 0 Å². The lowest BCUT2D eigenvalue weighted by atomic mass is 10.1. The Morgan fingerprint density at radius 3 is 2.22 bits per heavy atom. The fourth-order valence-corrected chi connectivity index (χ4v) is 3.68. The summed E-state index contributed by atoms with van der Waals surface area (Å²) in [6, 6.07) is 26.0. The van der Waals surface area contributed by atoms with Crippen molar-refractivity contribution >= 4 is 44.1 Å². The molecule has 3 heteroatoms. The number of amides is 1. The molecular formula is C24H17NO2. The topological polar surface area (TPSA) is 42.2 Å². The predicted octanol–water partition coefficient (Wildman–Crippen LogP) is 6.30. The lowest BCUT2D eigenvalue weighted by molar-refractivity contribution is 0.0998. The largest absolute Gasteiger partial charge is 0.450 e. The zero-order chi connectivity index (χ0) is 18.4. The van der Waals surface area contributed by atoms with Gasteiger partial charge in [0.1, 0.15) is 5.58 Å². The number of furan rings is 1. The fraction of sp³-hybridized carbons (Fsp3) is 0.0417. The summed E-state index contributed by atoms with van der Waals surface area (Å²) in [6.45, 7) is 1.93. The quantitative estimate of drug-likeness (QED) is 0.405. The van der Waals surface area contributed by atoms with Gasteiger partial charge in [-0.2, -0.15) is 0 Å². The molecule has 130 valence electrons. The predicted molar refractivity (Wildman–Crippen MR) is 110 cm³/mol. The summed E-state index contributed by atoms with van der Waals surface area (Å²) in [5.74, 6) is 0.124. The molecule has 0 fully saturated rings. The van der Waals surface area contributed by atoms with E-state index in [0.29, 0.717) is 5.76 Å². The third kappa shape index (κ3) is 2.48. The molecule has 1 aromatic heterocycles. The Kier molecular flexibility index (Phi) is 3.47. The molecule has 0 aliphatic heterocycles. The van der Waals surface area contributed by atoms with Gasteiger partial charge in [-0.05, 0) is 23.8 Å². The van der Waals surface area contributed by atoms with Crippen LogP contribution in [0.4, 0.5) is 5.69 Å². The van der Waals surface area contributed by atoms with Crippen LogP contribution in [-0.2, 0) is 0 Å². The maximum absolute atomic E-state index is 13.0. The second-order valence-electron chi connectivity index (χ2n) is 6.70. The average molecular weight is 351 g/mol. The molecule has 0 bridgehead atoms. The SMILES string of the molecule is Cc1c(C(=O)Nc2cccc3ccccc23)oc2c1ccc1ccccc12. The molecule has 0 unspecified atom stereocenters. The first-order valence-electron chi connectivity index (χ1n) is 8.92. The highest BCUT2D eigenvalue weighted by atomic mass is 16.3. The van der Waals surface area contributed by atoms with Gasteiger partial charge in [0.25, 0.3) is 5.91 Å². The van der Waals surface area contributed by atoms with Gasteiger partial charge in [0.15, 0.2) is 5.76 Å². The summed E-state index contributed by atoms with van der Waals surface area (Å²) < 4.78 is 6.05. The van der Waals surface area contributed by atoms with Crippen molar-refractivity contribution < 1.29 is 9.21 Å². The molecule has 27 heavy (non-hydrogen) atoms. The van der Waals surface area contributed by atoms with Crippen LogP contribution in [0, 0.1) is 6.92 Å². The Balaban J connectivity index is 1.61. The fourth-order valence-electron chi connectivity index (χ4n) is 3.68. The van der Waals surface area contributed by atoms with Gasteiger partial charge in [0.2, 0.25) is 0 Å². The molecule has 1 amide bonds. The molecule has 0 aliphatic rings. The number of carbonyl (C=O) groups excluding carboxylic acids is 1. The Hall–Kier alpha value is -3.59. The highest BCUT2D eigenvalue weighted by Gasteiger charge is 2.19. The van der Waals surface area contributed by atoms with Crippen LogP contribution in [0.2, 0.25) is 0 Å². The van der Waals surface area contributed by atoms with E-state index in [9.17, 15) is 4.79 Å². The molecule has 0 spiro atoms. The summed E-state index contributed by atoms with van der Waals surface area (Å²) in [4.78, 5) is 13.0. The Morgan fingerprint density at radius 2 is 1.41 bits per heavy atom. The van der Waals surface area contributed by atoms with Crippen LogP contribution in [0.25, 0.3) is 32.5 Å². The number of benzene rings is 4. The van der Waals surface area contributed by atoms with Crippen LogP contribution in [0.15, 0.2) is 83.3 Å². The van der Waals surface area contributed by atoms with E-state index in [-0.39, 0.29) is 5.91 Å². The van der Waals surface area contributed by atoms with Gasteiger partial charge in [-0.15, -0.1) is 0 Å². The monoisotopic (exact) mass is 351 g/mol. The highest BCUT2D eigenvalue weighted by molar-refractivity contribution is 6.13. The zero-order valence-corrected chi connectivity index (χ0v) is 14.8. The van der Waals surface area contributed by atoms with E-state index in [1.807, 2.05) is 79.7 Å². The number of hydrogen-bond donors (Lipinski definition) is 1. The molecule has 3 nitrogen and oxygen atoms in total. The number of rotatable bonds is 2. The lowest BCUT2D eigenvalue weighted by Gasteiger charge is -2.07. The minimum Gasteiger partial charge on any atom is -0.450 e. The number of aryl methyl sites for hydroxylation is 1. The second kappa shape index (κ2) is 5.99. The molecule has 0 aliphatic carbocycles. The average Bonchev–Trinajstić information content (AvgIpc) is 3.05. The van der Waals surface area contributed by atoms with Crippen LogP contribution in [-0.4, -0.2) is 5.91 Å². The van der Waals surface area contributed by atoms with Gasteiger partial charge in [0.05, 0.1) is 0 Å². The van der Waals surface area contributed by atoms with Crippen LogP contribution in [0.3, 0.4) is 0 Å². The summed E-state index contributed by atoms with van der Waals surface area (Å²) in [7, 11) is 0. The molecule has 5 aromatic rings. The van der Waals surface area contributed by atoms with E-state index in [4.69, 9.17) is 4.42 Å². The van der Waals surface area contributed by atoms with Gasteiger partial charge in [-0.25, -0.2) is 0 Å². The van der Waals surface area contributed by atoms with Gasteiger partial charge in [0, 0.05) is 27.4 Å². The van der Waals surface area contributed by atoms with Crippen molar-refractivity contribution in [3.63, 3.8) is 0 Å². The van der Waals surface area contributed by atoms with Gasteiger partial charge in [-0.3, -0.25) is 4.79 Å². The van der Waals surface area contributed by atoms with Crippen molar-refractivity contribution in [3.05, 3.63) is 90.2 Å². The van der Waals surface area contributed by atoms with Crippen LogP contribution < -0.4 is 5.32 Å². The van der Waals surface area contributed by atoms with Crippen LogP contribution >= 0.6 is 0 Å². The first-order chi connectivity index (χ1) is 13.2. The molecule has 0 atom stereocenters. The standard InChI is InChI=1S/C24H17NO2/c1-15-18-14-13-17-8-3-5-11-20(17)23(18)27-22(15)24(26)25-21-12-6-9-16-7-2-4-10-19(16)21/h2-14H,1H3,(H,25,26). The van der Waals surface area contributed by atoms with E-state index in [2.05, 4.69) is 11.4 Å². The Morgan fingerprint density at radius 1 is 0.741 bits per heavy atom. The number of hydrogen-bond acceptors (Lipinski definition) is 2. The van der Waals surface area contributed by atoms with Crippen molar-refractivity contribution in [1.82, 2.24) is 0 Å². The van der Waals surface area contributed by atoms with E-state index >= 15 is 0 Å². The summed E-state index contributed by atoms with van der Waals surface area (Å²) in [5, 5.41) is 8.19. The van der Waals surface area contributed by atoms with E-state index < -0.39 is 0 Å². The molecule has 4 aromatic carbocycles. The molecule has 0 radical (unpaired) electrons.